The summed E-state index contributed by atoms with van der Waals surface area (Å²) in [6.07, 6.45) is 0.994. The summed E-state index contributed by atoms with van der Waals surface area (Å²) < 4.78 is 0. The summed E-state index contributed by atoms with van der Waals surface area (Å²) in [5, 5.41) is 10.9. The van der Waals surface area contributed by atoms with Crippen LogP contribution in [-0.4, -0.2) is 22.9 Å². The average molecular weight is 159 g/mol. The van der Waals surface area contributed by atoms with Gasteiger partial charge in [0.15, 0.2) is 0 Å². The zero-order chi connectivity index (χ0) is 9.07. The molecule has 0 aliphatic heterocycles. The zero-order valence-electron chi connectivity index (χ0n) is 8.39. The van der Waals surface area contributed by atoms with E-state index in [9.17, 15) is 5.21 Å². The first-order chi connectivity index (χ1) is 4.93. The molecule has 2 heteroatoms. The van der Waals surface area contributed by atoms with Gasteiger partial charge in [0, 0.05) is 12.6 Å². The maximum absolute atomic E-state index is 9.49. The third-order valence-electron chi connectivity index (χ3n) is 2.07. The molecule has 1 atom stereocenters. The quantitative estimate of drug-likeness (QED) is 0.640. The molecule has 0 aromatic heterocycles. The number of nitrogens with zero attached hydrogens (tertiary/aromatic N) is 1. The monoisotopic (exact) mass is 159 g/mol. The Morgan fingerprint density at radius 1 is 1.27 bits per heavy atom. The lowest BCUT2D eigenvalue weighted by atomic mass is 9.85. The van der Waals surface area contributed by atoms with Gasteiger partial charge in [-0.1, -0.05) is 34.6 Å². The van der Waals surface area contributed by atoms with Crippen LogP contribution in [0.1, 0.15) is 41.0 Å². The van der Waals surface area contributed by atoms with Crippen molar-refractivity contribution < 1.29 is 5.21 Å². The van der Waals surface area contributed by atoms with Gasteiger partial charge in [-0.05, 0) is 11.8 Å². The van der Waals surface area contributed by atoms with Crippen molar-refractivity contribution in [3.05, 3.63) is 0 Å². The molecule has 0 aliphatic carbocycles. The van der Waals surface area contributed by atoms with Crippen LogP contribution in [-0.2, 0) is 0 Å². The van der Waals surface area contributed by atoms with Crippen molar-refractivity contribution in [2.75, 3.05) is 6.54 Å². The molecule has 0 saturated carbocycles. The highest BCUT2D eigenvalue weighted by Gasteiger charge is 2.26. The van der Waals surface area contributed by atoms with Crippen LogP contribution in [0.25, 0.3) is 0 Å². The molecule has 68 valence electrons. The van der Waals surface area contributed by atoms with Gasteiger partial charge in [-0.15, -0.1) is 0 Å². The molecule has 1 N–H and O–H groups in total. The minimum atomic E-state index is 0.166. The van der Waals surface area contributed by atoms with E-state index in [4.69, 9.17) is 0 Å². The molecule has 0 rings (SSSR count). The fraction of sp³-hybridized carbons (Fsp3) is 1.00. The topological polar surface area (TPSA) is 23.5 Å². The molecule has 0 heterocycles. The van der Waals surface area contributed by atoms with E-state index in [1.54, 1.807) is 0 Å². The Bertz CT molecular complexity index is 107. The molecular weight excluding hydrogens is 138 g/mol. The van der Waals surface area contributed by atoms with Crippen molar-refractivity contribution in [1.82, 2.24) is 5.06 Å². The van der Waals surface area contributed by atoms with Gasteiger partial charge in [-0.2, -0.15) is 5.06 Å². The predicted octanol–water partition coefficient (Wildman–Crippen LogP) is 2.52. The number of hydroxylamine groups is 2. The van der Waals surface area contributed by atoms with Crippen LogP contribution in [0.3, 0.4) is 0 Å². The lowest BCUT2D eigenvalue weighted by Gasteiger charge is -2.35. The second kappa shape index (κ2) is 4.07. The highest BCUT2D eigenvalue weighted by molar-refractivity contribution is 4.77. The molecule has 0 bridgehead atoms. The molecule has 0 aromatic rings. The minimum absolute atomic E-state index is 0.166. The van der Waals surface area contributed by atoms with Crippen molar-refractivity contribution in [2.45, 2.75) is 47.1 Å². The third-order valence-corrected chi connectivity index (χ3v) is 2.07. The van der Waals surface area contributed by atoms with E-state index >= 15 is 0 Å². The van der Waals surface area contributed by atoms with E-state index in [-0.39, 0.29) is 11.5 Å². The summed E-state index contributed by atoms with van der Waals surface area (Å²) in [5.74, 6) is 0. The van der Waals surface area contributed by atoms with Gasteiger partial charge in [-0.25, -0.2) is 0 Å². The second-order valence-corrected chi connectivity index (χ2v) is 4.05. The molecule has 0 fully saturated rings. The Labute approximate surface area is 70.2 Å². The Morgan fingerprint density at radius 2 is 1.73 bits per heavy atom. The van der Waals surface area contributed by atoms with Gasteiger partial charge in [-0.3, -0.25) is 0 Å². The number of hydrogen-bond acceptors (Lipinski definition) is 2. The fourth-order valence-corrected chi connectivity index (χ4v) is 1.49. The summed E-state index contributed by atoms with van der Waals surface area (Å²) in [6.45, 7) is 11.2. The zero-order valence-corrected chi connectivity index (χ0v) is 8.39. The first kappa shape index (κ1) is 10.9. The standard InChI is InChI=1S/C9H21NO/c1-6-8(9(3,4)5)10(11)7-2/h8,11H,6-7H2,1-5H3. The lowest BCUT2D eigenvalue weighted by Crippen LogP contribution is -2.41. The molecular formula is C9H21NO. The summed E-state index contributed by atoms with van der Waals surface area (Å²) in [4.78, 5) is 0. The minimum Gasteiger partial charge on any atom is -0.314 e. The summed E-state index contributed by atoms with van der Waals surface area (Å²) in [5.41, 5.74) is 0.166. The highest BCUT2D eigenvalue weighted by atomic mass is 16.5. The summed E-state index contributed by atoms with van der Waals surface area (Å²) >= 11 is 0. The van der Waals surface area contributed by atoms with Gasteiger partial charge in [0.25, 0.3) is 0 Å². The van der Waals surface area contributed by atoms with Crippen molar-refractivity contribution in [3.8, 4) is 0 Å². The van der Waals surface area contributed by atoms with Crippen LogP contribution >= 0.6 is 0 Å². The lowest BCUT2D eigenvalue weighted by molar-refractivity contribution is -0.150. The van der Waals surface area contributed by atoms with Gasteiger partial charge >= 0.3 is 0 Å². The van der Waals surface area contributed by atoms with E-state index in [0.717, 1.165) is 6.42 Å². The molecule has 11 heavy (non-hydrogen) atoms. The molecule has 0 radical (unpaired) electrons. The van der Waals surface area contributed by atoms with Crippen LogP contribution in [0.5, 0.6) is 0 Å². The van der Waals surface area contributed by atoms with Crippen molar-refractivity contribution in [2.24, 2.45) is 5.41 Å². The Morgan fingerprint density at radius 3 is 1.82 bits per heavy atom. The average Bonchev–Trinajstić information content (AvgIpc) is 1.86. The summed E-state index contributed by atoms with van der Waals surface area (Å²) in [7, 11) is 0. The molecule has 0 aliphatic rings. The summed E-state index contributed by atoms with van der Waals surface area (Å²) in [6, 6.07) is 0.271. The molecule has 0 spiro atoms. The normalized spacial score (nSPS) is 15.5. The van der Waals surface area contributed by atoms with Gasteiger partial charge in [0.2, 0.25) is 0 Å². The first-order valence-corrected chi connectivity index (χ1v) is 4.39. The van der Waals surface area contributed by atoms with E-state index in [1.165, 1.54) is 5.06 Å². The predicted molar refractivity (Wildman–Crippen MR) is 47.7 cm³/mol. The molecule has 0 amide bonds. The van der Waals surface area contributed by atoms with Crippen molar-refractivity contribution in [3.63, 3.8) is 0 Å². The smallest absolute Gasteiger partial charge is 0.0395 e. The third kappa shape index (κ3) is 3.21. The number of hydrogen-bond donors (Lipinski definition) is 1. The van der Waals surface area contributed by atoms with Gasteiger partial charge in [0.1, 0.15) is 0 Å². The van der Waals surface area contributed by atoms with E-state index in [2.05, 4.69) is 27.7 Å². The van der Waals surface area contributed by atoms with Crippen LogP contribution < -0.4 is 0 Å². The van der Waals surface area contributed by atoms with Crippen LogP contribution in [0.15, 0.2) is 0 Å². The van der Waals surface area contributed by atoms with E-state index in [1.807, 2.05) is 6.92 Å². The molecule has 1 unspecified atom stereocenters. The fourth-order valence-electron chi connectivity index (χ4n) is 1.49. The maximum atomic E-state index is 9.49. The second-order valence-electron chi connectivity index (χ2n) is 4.05. The van der Waals surface area contributed by atoms with Gasteiger partial charge < -0.3 is 5.21 Å². The van der Waals surface area contributed by atoms with E-state index < -0.39 is 0 Å². The maximum Gasteiger partial charge on any atom is 0.0395 e. The highest BCUT2D eigenvalue weighted by Crippen LogP contribution is 2.25. The Balaban J connectivity index is 4.16. The van der Waals surface area contributed by atoms with Crippen molar-refractivity contribution >= 4 is 0 Å². The molecule has 0 saturated heterocycles. The van der Waals surface area contributed by atoms with Crippen LogP contribution in [0, 0.1) is 5.41 Å². The van der Waals surface area contributed by atoms with Gasteiger partial charge in [0.05, 0.1) is 0 Å². The SMILES string of the molecule is CCC(N(O)CC)C(C)(C)C. The molecule has 0 aromatic carbocycles. The first-order valence-electron chi connectivity index (χ1n) is 4.39. The Kier molecular flexibility index (Phi) is 4.04. The molecule has 2 nitrogen and oxygen atoms in total. The largest absolute Gasteiger partial charge is 0.314 e. The Hall–Kier alpha value is -0.0800. The van der Waals surface area contributed by atoms with Crippen LogP contribution in [0.4, 0.5) is 0 Å². The van der Waals surface area contributed by atoms with Crippen LogP contribution in [0.2, 0.25) is 0 Å². The van der Waals surface area contributed by atoms with E-state index in [0.29, 0.717) is 6.54 Å². The number of rotatable bonds is 3. The van der Waals surface area contributed by atoms with Crippen molar-refractivity contribution in [1.29, 1.82) is 0 Å².